The van der Waals surface area contributed by atoms with Crippen molar-refractivity contribution in [2.75, 3.05) is 22.1 Å². The highest BCUT2D eigenvalue weighted by atomic mass is 35.5. The maximum Gasteiger partial charge on any atom is 0.328 e. The first-order valence-corrected chi connectivity index (χ1v) is 10.4. The smallest absolute Gasteiger partial charge is 0.328 e. The van der Waals surface area contributed by atoms with E-state index < -0.39 is 23.4 Å². The van der Waals surface area contributed by atoms with Gasteiger partial charge in [-0.3, -0.25) is 10.0 Å². The van der Waals surface area contributed by atoms with Crippen LogP contribution in [-0.4, -0.2) is 32.9 Å². The minimum atomic E-state index is -2.73. The van der Waals surface area contributed by atoms with Crippen molar-refractivity contribution in [1.82, 2.24) is 0 Å². The number of fused-ring (bicyclic) bond motifs is 1. The molecule has 0 bridgehead atoms. The second-order valence-corrected chi connectivity index (χ2v) is 7.57. The van der Waals surface area contributed by atoms with Gasteiger partial charge in [0, 0.05) is 17.6 Å². The Bertz CT molecular complexity index is 911. The molecule has 0 amide bonds. The number of anilines is 3. The average molecular weight is 439 g/mol. The molecule has 8 nitrogen and oxygen atoms in total. The number of aliphatic carboxylic acids is 1. The standard InChI is InChI=1S/C19H22ClN3O5S/c1-3-5-18(19(24)25)23-17-7-4-6-16(21(2)28-29(26)27)15(17)12-22(23)14-10-8-13(20)9-11-14/h4,6-11,18H,3,5,12H2,1-2H3,(H,24,25)(H,26,27)/p-1. The van der Waals surface area contributed by atoms with Crippen LogP contribution in [0.2, 0.25) is 5.02 Å². The van der Waals surface area contributed by atoms with Crippen molar-refractivity contribution >= 4 is 46.0 Å². The van der Waals surface area contributed by atoms with Gasteiger partial charge in [-0.2, -0.15) is 4.28 Å². The Hall–Kier alpha value is -2.33. The van der Waals surface area contributed by atoms with Crippen LogP contribution in [0.15, 0.2) is 42.5 Å². The summed E-state index contributed by atoms with van der Waals surface area (Å²) in [7, 11) is 1.49. The number of hydrogen-bond donors (Lipinski definition) is 1. The summed E-state index contributed by atoms with van der Waals surface area (Å²) in [5.41, 5.74) is 2.76. The minimum absolute atomic E-state index is 0.347. The van der Waals surface area contributed by atoms with Crippen molar-refractivity contribution in [1.29, 1.82) is 0 Å². The quantitative estimate of drug-likeness (QED) is 0.494. The van der Waals surface area contributed by atoms with Gasteiger partial charge in [0.15, 0.2) is 0 Å². The van der Waals surface area contributed by atoms with E-state index in [1.54, 1.807) is 29.3 Å². The lowest BCUT2D eigenvalue weighted by atomic mass is 10.1. The molecule has 2 atom stereocenters. The van der Waals surface area contributed by atoms with Gasteiger partial charge in [0.1, 0.15) is 17.4 Å². The Morgan fingerprint density at radius 3 is 2.62 bits per heavy atom. The number of carbonyl (C=O) groups is 1. The van der Waals surface area contributed by atoms with Crippen molar-refractivity contribution in [3.63, 3.8) is 0 Å². The molecule has 0 aromatic heterocycles. The largest absolute Gasteiger partial charge is 0.748 e. The molecule has 2 aromatic rings. The fraction of sp³-hybridized carbons (Fsp3) is 0.316. The highest BCUT2D eigenvalue weighted by Gasteiger charge is 2.38. The van der Waals surface area contributed by atoms with E-state index in [0.717, 1.165) is 16.3 Å². The number of hydrogen-bond acceptors (Lipinski definition) is 7. The number of hydrazine groups is 1. The van der Waals surface area contributed by atoms with Gasteiger partial charge >= 0.3 is 5.97 Å². The summed E-state index contributed by atoms with van der Waals surface area (Å²) in [5.74, 6) is -0.936. The van der Waals surface area contributed by atoms with E-state index in [1.165, 1.54) is 7.05 Å². The molecule has 0 spiro atoms. The number of carboxylic acids is 1. The number of hydroxylamine groups is 1. The minimum Gasteiger partial charge on any atom is -0.748 e. The topological polar surface area (TPSA) is 96.4 Å². The zero-order valence-electron chi connectivity index (χ0n) is 15.9. The molecule has 0 fully saturated rings. The highest BCUT2D eigenvalue weighted by molar-refractivity contribution is 7.74. The molecule has 1 aliphatic rings. The molecule has 1 N–H and O–H groups in total. The predicted molar refractivity (Wildman–Crippen MR) is 111 cm³/mol. The molecule has 2 unspecified atom stereocenters. The van der Waals surface area contributed by atoms with Gasteiger partial charge in [0.25, 0.3) is 0 Å². The van der Waals surface area contributed by atoms with Crippen LogP contribution in [0.4, 0.5) is 17.1 Å². The van der Waals surface area contributed by atoms with E-state index in [9.17, 15) is 18.7 Å². The van der Waals surface area contributed by atoms with E-state index in [4.69, 9.17) is 15.9 Å². The van der Waals surface area contributed by atoms with Crippen LogP contribution in [0, 0.1) is 0 Å². The summed E-state index contributed by atoms with van der Waals surface area (Å²) >= 11 is 3.29. The number of halogens is 1. The predicted octanol–water partition coefficient (Wildman–Crippen LogP) is 3.50. The second-order valence-electron chi connectivity index (χ2n) is 6.57. The van der Waals surface area contributed by atoms with Gasteiger partial charge in [0.05, 0.1) is 23.6 Å². The Morgan fingerprint density at radius 2 is 2.03 bits per heavy atom. The number of nitrogens with zero attached hydrogens (tertiary/aromatic N) is 3. The van der Waals surface area contributed by atoms with Gasteiger partial charge in [-0.25, -0.2) is 14.1 Å². The maximum absolute atomic E-state index is 12.1. The first-order valence-electron chi connectivity index (χ1n) is 9.01. The van der Waals surface area contributed by atoms with Crippen molar-refractivity contribution in [3.05, 3.63) is 53.1 Å². The van der Waals surface area contributed by atoms with E-state index in [2.05, 4.69) is 0 Å². The van der Waals surface area contributed by atoms with Gasteiger partial charge in [-0.15, -0.1) is 0 Å². The SMILES string of the molecule is CCCC(C(=O)O)N1c2cccc(N(C)OS(=O)[O-])c2CN1c1ccc(Cl)cc1. The molecule has 0 saturated heterocycles. The summed E-state index contributed by atoms with van der Waals surface area (Å²) in [4.78, 5) is 12.1. The fourth-order valence-corrected chi connectivity index (χ4v) is 3.90. The molecular formula is C19H21ClN3O5S-. The van der Waals surface area contributed by atoms with Crippen LogP contribution in [-0.2, 0) is 27.0 Å². The fourth-order valence-electron chi connectivity index (χ4n) is 3.51. The molecule has 10 heteroatoms. The Kier molecular flexibility index (Phi) is 6.63. The maximum atomic E-state index is 12.1. The van der Waals surface area contributed by atoms with E-state index in [1.807, 2.05) is 30.1 Å². The number of rotatable bonds is 8. The lowest BCUT2D eigenvalue weighted by molar-refractivity contribution is -0.138. The van der Waals surface area contributed by atoms with Crippen molar-refractivity contribution in [2.24, 2.45) is 0 Å². The van der Waals surface area contributed by atoms with Crippen molar-refractivity contribution in [2.45, 2.75) is 32.4 Å². The normalized spacial score (nSPS) is 15.2. The lowest BCUT2D eigenvalue weighted by Crippen LogP contribution is -2.49. The molecule has 1 aliphatic heterocycles. The zero-order valence-corrected chi connectivity index (χ0v) is 17.5. The third-order valence-electron chi connectivity index (χ3n) is 4.72. The molecule has 3 rings (SSSR count). The summed E-state index contributed by atoms with van der Waals surface area (Å²) in [5, 5.41) is 15.2. The number of benzene rings is 2. The Balaban J connectivity index is 2.10. The molecule has 0 saturated carbocycles. The zero-order chi connectivity index (χ0) is 21.1. The third-order valence-corrected chi connectivity index (χ3v) is 5.32. The molecule has 29 heavy (non-hydrogen) atoms. The lowest BCUT2D eigenvalue weighted by Gasteiger charge is -2.36. The average Bonchev–Trinajstić information content (AvgIpc) is 3.05. The highest BCUT2D eigenvalue weighted by Crippen LogP contribution is 2.42. The van der Waals surface area contributed by atoms with Crippen molar-refractivity contribution < 1.29 is 22.9 Å². The van der Waals surface area contributed by atoms with Crippen LogP contribution in [0.5, 0.6) is 0 Å². The third kappa shape index (κ3) is 4.48. The summed E-state index contributed by atoms with van der Waals surface area (Å²) in [6.07, 6.45) is 1.13. The summed E-state index contributed by atoms with van der Waals surface area (Å²) < 4.78 is 26.7. The monoisotopic (exact) mass is 438 g/mol. The van der Waals surface area contributed by atoms with Crippen LogP contribution >= 0.6 is 11.6 Å². The molecular weight excluding hydrogens is 418 g/mol. The van der Waals surface area contributed by atoms with Crippen LogP contribution in [0.1, 0.15) is 25.3 Å². The Labute approximate surface area is 176 Å². The van der Waals surface area contributed by atoms with E-state index in [-0.39, 0.29) is 0 Å². The Morgan fingerprint density at radius 1 is 1.34 bits per heavy atom. The van der Waals surface area contributed by atoms with Crippen LogP contribution in [0.3, 0.4) is 0 Å². The van der Waals surface area contributed by atoms with Crippen LogP contribution < -0.4 is 15.1 Å². The van der Waals surface area contributed by atoms with Gasteiger partial charge in [-0.1, -0.05) is 31.0 Å². The van der Waals surface area contributed by atoms with E-state index in [0.29, 0.717) is 35.8 Å². The molecule has 0 radical (unpaired) electrons. The summed E-state index contributed by atoms with van der Waals surface area (Å²) in [6, 6.07) is 11.6. The van der Waals surface area contributed by atoms with Crippen molar-refractivity contribution in [3.8, 4) is 0 Å². The first-order chi connectivity index (χ1) is 13.8. The molecule has 2 aromatic carbocycles. The molecule has 1 heterocycles. The number of carboxylic acid groups (broad SMARTS) is 1. The van der Waals surface area contributed by atoms with E-state index >= 15 is 0 Å². The van der Waals surface area contributed by atoms with Gasteiger partial charge in [0.2, 0.25) is 0 Å². The summed E-state index contributed by atoms with van der Waals surface area (Å²) in [6.45, 7) is 2.28. The van der Waals surface area contributed by atoms with Gasteiger partial charge < -0.3 is 9.66 Å². The molecule has 0 aliphatic carbocycles. The van der Waals surface area contributed by atoms with Crippen LogP contribution in [0.25, 0.3) is 0 Å². The molecule has 156 valence electrons. The second kappa shape index (κ2) is 9.00. The van der Waals surface area contributed by atoms with Gasteiger partial charge in [-0.05, 0) is 42.8 Å². The first kappa shape index (κ1) is 21.4.